The first kappa shape index (κ1) is 19.2. The molecule has 27 heavy (non-hydrogen) atoms. The summed E-state index contributed by atoms with van der Waals surface area (Å²) >= 11 is 6.41. The number of pyridine rings is 1. The number of rotatable bonds is 5. The van der Waals surface area contributed by atoms with Gasteiger partial charge in [0.1, 0.15) is 0 Å². The Morgan fingerprint density at radius 1 is 1.15 bits per heavy atom. The molecule has 0 amide bonds. The largest absolute Gasteiger partial charge is 0.362 e. The molecule has 0 radical (unpaired) electrons. The predicted molar refractivity (Wildman–Crippen MR) is 99.5 cm³/mol. The molecular formula is C17H12F4N4S2. The lowest BCUT2D eigenvalue weighted by Gasteiger charge is -2.10. The Bertz CT molecular complexity index is 937. The Balaban J connectivity index is 1.56. The van der Waals surface area contributed by atoms with E-state index in [1.165, 1.54) is 11.3 Å². The van der Waals surface area contributed by atoms with Crippen LogP contribution in [0.4, 0.5) is 22.7 Å². The second-order valence-corrected chi connectivity index (χ2v) is 6.62. The van der Waals surface area contributed by atoms with Crippen LogP contribution in [-0.2, 0) is 6.42 Å². The van der Waals surface area contributed by atoms with E-state index in [0.717, 1.165) is 11.3 Å². The van der Waals surface area contributed by atoms with E-state index in [0.29, 0.717) is 5.13 Å². The normalized spacial score (nSPS) is 10.7. The molecular weight excluding hydrogens is 400 g/mol. The Kier molecular flexibility index (Phi) is 5.97. The molecule has 0 aliphatic heterocycles. The van der Waals surface area contributed by atoms with Gasteiger partial charge in [-0.1, -0.05) is 0 Å². The van der Waals surface area contributed by atoms with Crippen molar-refractivity contribution in [1.29, 1.82) is 0 Å². The van der Waals surface area contributed by atoms with Crippen LogP contribution in [0.1, 0.15) is 5.56 Å². The molecule has 2 heterocycles. The van der Waals surface area contributed by atoms with Gasteiger partial charge in [0, 0.05) is 41.5 Å². The molecule has 0 spiro atoms. The molecule has 0 atom stereocenters. The van der Waals surface area contributed by atoms with Crippen LogP contribution >= 0.6 is 23.6 Å². The summed E-state index contributed by atoms with van der Waals surface area (Å²) in [6.45, 7) is -0.0244. The quantitative estimate of drug-likeness (QED) is 0.372. The van der Waals surface area contributed by atoms with Crippen molar-refractivity contribution >= 4 is 33.8 Å². The van der Waals surface area contributed by atoms with Gasteiger partial charge in [-0.15, -0.1) is 11.3 Å². The molecule has 2 N–H and O–H groups in total. The summed E-state index contributed by atoms with van der Waals surface area (Å²) < 4.78 is 53.6. The lowest BCUT2D eigenvalue weighted by molar-refractivity contribution is 0.438. The maximum absolute atomic E-state index is 13.6. The van der Waals surface area contributed by atoms with E-state index >= 15 is 0 Å². The summed E-state index contributed by atoms with van der Waals surface area (Å²) in [5, 5.41) is 8.06. The number of anilines is 1. The van der Waals surface area contributed by atoms with E-state index < -0.39 is 28.8 Å². The molecule has 140 valence electrons. The monoisotopic (exact) mass is 412 g/mol. The zero-order chi connectivity index (χ0) is 19.4. The van der Waals surface area contributed by atoms with Gasteiger partial charge in [0.25, 0.3) is 0 Å². The average Bonchev–Trinajstić information content (AvgIpc) is 3.12. The Morgan fingerprint density at radius 3 is 2.56 bits per heavy atom. The van der Waals surface area contributed by atoms with Gasteiger partial charge in [-0.2, -0.15) is 0 Å². The highest BCUT2D eigenvalue weighted by molar-refractivity contribution is 7.80. The Morgan fingerprint density at radius 2 is 1.89 bits per heavy atom. The minimum Gasteiger partial charge on any atom is -0.362 e. The van der Waals surface area contributed by atoms with Crippen molar-refractivity contribution in [2.45, 2.75) is 6.42 Å². The molecule has 0 aliphatic rings. The molecule has 3 rings (SSSR count). The molecule has 4 nitrogen and oxygen atoms in total. The summed E-state index contributed by atoms with van der Waals surface area (Å²) in [5.74, 6) is -5.68. The van der Waals surface area contributed by atoms with Crippen molar-refractivity contribution in [1.82, 2.24) is 15.3 Å². The fraction of sp³-hybridized carbons (Fsp3) is 0.118. The van der Waals surface area contributed by atoms with Crippen molar-refractivity contribution in [3.63, 3.8) is 0 Å². The standard InChI is InChI=1S/C17H12F4N4S2/c18-11-6-12(19)15(21)10(14(11)20)3-5-23-16(26)25-17-24-13(8-27-17)9-2-1-4-22-7-9/h1-2,4,6-8H,3,5H2,(H2,23,24,25,26). The first-order chi connectivity index (χ1) is 13.0. The van der Waals surface area contributed by atoms with Crippen LogP contribution in [0.25, 0.3) is 11.3 Å². The van der Waals surface area contributed by atoms with Gasteiger partial charge in [-0.25, -0.2) is 22.5 Å². The number of thiocarbonyl (C=S) groups is 1. The molecule has 0 saturated heterocycles. The summed E-state index contributed by atoms with van der Waals surface area (Å²) in [4.78, 5) is 8.38. The molecule has 0 saturated carbocycles. The maximum Gasteiger partial charge on any atom is 0.189 e. The zero-order valence-corrected chi connectivity index (χ0v) is 15.2. The average molecular weight is 412 g/mol. The minimum absolute atomic E-state index is 0.0244. The Hall–Kier alpha value is -2.59. The summed E-state index contributed by atoms with van der Waals surface area (Å²) in [7, 11) is 0. The number of nitrogens with zero attached hydrogens (tertiary/aromatic N) is 2. The van der Waals surface area contributed by atoms with Crippen molar-refractivity contribution in [2.24, 2.45) is 0 Å². The van der Waals surface area contributed by atoms with Gasteiger partial charge in [0.15, 0.2) is 33.5 Å². The topological polar surface area (TPSA) is 49.8 Å². The van der Waals surface area contributed by atoms with Crippen LogP contribution in [0, 0.1) is 23.3 Å². The molecule has 0 unspecified atom stereocenters. The van der Waals surface area contributed by atoms with Crippen molar-refractivity contribution in [2.75, 3.05) is 11.9 Å². The predicted octanol–water partition coefficient (Wildman–Crippen LogP) is 4.29. The molecule has 1 aromatic carbocycles. The molecule has 2 aromatic heterocycles. The van der Waals surface area contributed by atoms with Crippen LogP contribution in [0.3, 0.4) is 0 Å². The van der Waals surface area contributed by atoms with Gasteiger partial charge < -0.3 is 10.6 Å². The lowest BCUT2D eigenvalue weighted by atomic mass is 10.1. The van der Waals surface area contributed by atoms with E-state index in [2.05, 4.69) is 20.6 Å². The van der Waals surface area contributed by atoms with Crippen molar-refractivity contribution < 1.29 is 17.6 Å². The molecule has 0 bridgehead atoms. The fourth-order valence-electron chi connectivity index (χ4n) is 2.26. The van der Waals surface area contributed by atoms with Crippen LogP contribution in [-0.4, -0.2) is 21.6 Å². The number of halogens is 4. The highest BCUT2D eigenvalue weighted by Gasteiger charge is 2.18. The number of thiazole rings is 1. The van der Waals surface area contributed by atoms with Crippen LogP contribution < -0.4 is 10.6 Å². The van der Waals surface area contributed by atoms with Gasteiger partial charge >= 0.3 is 0 Å². The second-order valence-electron chi connectivity index (χ2n) is 5.36. The highest BCUT2D eigenvalue weighted by atomic mass is 32.1. The lowest BCUT2D eigenvalue weighted by Crippen LogP contribution is -2.30. The number of aromatic nitrogens is 2. The molecule has 10 heteroatoms. The summed E-state index contributed by atoms with van der Waals surface area (Å²) in [5.41, 5.74) is 0.897. The van der Waals surface area contributed by atoms with Crippen LogP contribution in [0.15, 0.2) is 36.0 Å². The van der Waals surface area contributed by atoms with Gasteiger partial charge in [-0.3, -0.25) is 4.98 Å². The third-order valence-corrected chi connectivity index (χ3v) is 4.55. The van der Waals surface area contributed by atoms with Crippen LogP contribution in [0.5, 0.6) is 0 Å². The number of benzene rings is 1. The summed E-state index contributed by atoms with van der Waals surface area (Å²) in [6.07, 6.45) is 3.05. The SMILES string of the molecule is Fc1cc(F)c(F)c(CCNC(=S)Nc2nc(-c3cccnc3)cs2)c1F. The number of nitrogens with one attached hydrogen (secondary N) is 2. The third-order valence-electron chi connectivity index (χ3n) is 3.55. The first-order valence-corrected chi connectivity index (χ1v) is 8.97. The third kappa shape index (κ3) is 4.58. The van der Waals surface area contributed by atoms with Gasteiger partial charge in [0.2, 0.25) is 0 Å². The van der Waals surface area contributed by atoms with E-state index in [-0.39, 0.29) is 24.1 Å². The van der Waals surface area contributed by atoms with Gasteiger partial charge in [0.05, 0.1) is 5.69 Å². The maximum atomic E-state index is 13.6. The molecule has 0 fully saturated rings. The van der Waals surface area contributed by atoms with E-state index in [1.54, 1.807) is 18.5 Å². The number of hydrogen-bond acceptors (Lipinski definition) is 4. The second kappa shape index (κ2) is 8.40. The smallest absolute Gasteiger partial charge is 0.189 e. The summed E-state index contributed by atoms with van der Waals surface area (Å²) in [6, 6.07) is 3.83. The first-order valence-electron chi connectivity index (χ1n) is 7.68. The van der Waals surface area contributed by atoms with Crippen LogP contribution in [0.2, 0.25) is 0 Å². The number of hydrogen-bond donors (Lipinski definition) is 2. The van der Waals surface area contributed by atoms with Crippen molar-refractivity contribution in [3.8, 4) is 11.3 Å². The molecule has 3 aromatic rings. The molecule has 0 aliphatic carbocycles. The zero-order valence-electron chi connectivity index (χ0n) is 13.6. The van der Waals surface area contributed by atoms with Gasteiger partial charge in [-0.05, 0) is 30.8 Å². The Labute approximate surface area is 161 Å². The van der Waals surface area contributed by atoms with E-state index in [9.17, 15) is 17.6 Å². The van der Waals surface area contributed by atoms with E-state index in [1.807, 2.05) is 11.4 Å². The highest BCUT2D eigenvalue weighted by Crippen LogP contribution is 2.24. The minimum atomic E-state index is -1.43. The van der Waals surface area contributed by atoms with E-state index in [4.69, 9.17) is 12.2 Å². The fourth-order valence-corrected chi connectivity index (χ4v) is 3.25. The van der Waals surface area contributed by atoms with Crippen molar-refractivity contribution in [3.05, 3.63) is 64.8 Å².